The molecule has 0 fully saturated rings. The highest BCUT2D eigenvalue weighted by Crippen LogP contribution is 2.43. The van der Waals surface area contributed by atoms with E-state index in [4.69, 9.17) is 0 Å². The van der Waals surface area contributed by atoms with Crippen molar-refractivity contribution in [2.24, 2.45) is 0 Å². The highest BCUT2D eigenvalue weighted by atomic mass is 14.9. The molecule has 2 N–H and O–H groups in total. The normalized spacial score (nSPS) is 23.4. The minimum absolute atomic E-state index is 0.493. The zero-order chi connectivity index (χ0) is 13.1. The van der Waals surface area contributed by atoms with Gasteiger partial charge in [0.15, 0.2) is 0 Å². The van der Waals surface area contributed by atoms with Gasteiger partial charge >= 0.3 is 0 Å². The van der Waals surface area contributed by atoms with E-state index in [9.17, 15) is 0 Å². The fraction of sp³-hybridized carbons (Fsp3) is 0.222. The average Bonchev–Trinajstić information content (AvgIpc) is 2.92. The summed E-state index contributed by atoms with van der Waals surface area (Å²) in [5.74, 6) is 0.493. The van der Waals surface area contributed by atoms with Crippen molar-refractivity contribution in [2.45, 2.75) is 24.9 Å². The number of hydrogen-bond acceptors (Lipinski definition) is 1. The summed E-state index contributed by atoms with van der Waals surface area (Å²) in [6.07, 6.45) is 3.31. The molecular weight excluding hydrogens is 244 g/mol. The molecule has 2 heterocycles. The molecule has 0 saturated carbocycles. The zero-order valence-corrected chi connectivity index (χ0v) is 11.2. The summed E-state index contributed by atoms with van der Waals surface area (Å²) in [6.45, 7) is 0.993. The number of rotatable bonds is 0. The summed E-state index contributed by atoms with van der Waals surface area (Å²) in [5, 5.41) is 5.19. The Morgan fingerprint density at radius 1 is 0.900 bits per heavy atom. The van der Waals surface area contributed by atoms with E-state index in [2.05, 4.69) is 59.0 Å². The summed E-state index contributed by atoms with van der Waals surface area (Å²) >= 11 is 0. The molecule has 0 radical (unpaired) electrons. The standard InChI is InChI=1S/C18H16N2/c1-2-5-13-11(4-1)9-20-16-8-12-10-19-15-7-3-6-14(17(12)15)18(13)16/h1-7,10,16,18-20H,8-9H2/t16-,18-/m0/s1. The fourth-order valence-electron chi connectivity index (χ4n) is 4.09. The number of benzene rings is 2. The first-order valence-corrected chi connectivity index (χ1v) is 7.32. The van der Waals surface area contributed by atoms with E-state index in [1.807, 2.05) is 0 Å². The second-order valence-electron chi connectivity index (χ2n) is 5.95. The van der Waals surface area contributed by atoms with E-state index in [1.54, 1.807) is 0 Å². The molecule has 2 nitrogen and oxygen atoms in total. The van der Waals surface area contributed by atoms with Crippen LogP contribution in [0.5, 0.6) is 0 Å². The van der Waals surface area contributed by atoms with Gasteiger partial charge in [-0.15, -0.1) is 0 Å². The molecule has 1 aromatic heterocycles. The van der Waals surface area contributed by atoms with Crippen LogP contribution in [-0.4, -0.2) is 11.0 Å². The highest BCUT2D eigenvalue weighted by Gasteiger charge is 2.35. The van der Waals surface area contributed by atoms with Crippen molar-refractivity contribution in [2.75, 3.05) is 0 Å². The zero-order valence-electron chi connectivity index (χ0n) is 11.2. The maximum atomic E-state index is 3.74. The van der Waals surface area contributed by atoms with E-state index in [1.165, 1.54) is 33.2 Å². The number of aromatic nitrogens is 1. The third-order valence-corrected chi connectivity index (χ3v) is 4.94. The van der Waals surface area contributed by atoms with E-state index in [-0.39, 0.29) is 0 Å². The van der Waals surface area contributed by atoms with Gasteiger partial charge < -0.3 is 10.3 Å². The van der Waals surface area contributed by atoms with Crippen LogP contribution in [0.2, 0.25) is 0 Å². The van der Waals surface area contributed by atoms with Crippen molar-refractivity contribution >= 4 is 10.9 Å². The minimum Gasteiger partial charge on any atom is -0.361 e. The van der Waals surface area contributed by atoms with Crippen molar-refractivity contribution < 1.29 is 0 Å². The van der Waals surface area contributed by atoms with Gasteiger partial charge in [-0.1, -0.05) is 36.4 Å². The van der Waals surface area contributed by atoms with E-state index < -0.39 is 0 Å². The molecule has 0 unspecified atom stereocenters. The molecule has 1 aliphatic heterocycles. The number of aromatic amines is 1. The Balaban J connectivity index is 1.83. The van der Waals surface area contributed by atoms with Gasteiger partial charge in [0, 0.05) is 35.6 Å². The van der Waals surface area contributed by atoms with Crippen molar-refractivity contribution in [3.8, 4) is 0 Å². The highest BCUT2D eigenvalue weighted by molar-refractivity contribution is 5.89. The third kappa shape index (κ3) is 1.27. The summed E-state index contributed by atoms with van der Waals surface area (Å²) in [4.78, 5) is 3.43. The Hall–Kier alpha value is -2.06. The van der Waals surface area contributed by atoms with Gasteiger partial charge in [-0.2, -0.15) is 0 Å². The van der Waals surface area contributed by atoms with Crippen LogP contribution in [0.3, 0.4) is 0 Å². The maximum absolute atomic E-state index is 3.74. The quantitative estimate of drug-likeness (QED) is 0.637. The van der Waals surface area contributed by atoms with Gasteiger partial charge in [-0.05, 0) is 34.7 Å². The van der Waals surface area contributed by atoms with Gasteiger partial charge in [0.05, 0.1) is 0 Å². The lowest BCUT2D eigenvalue weighted by Gasteiger charge is -2.38. The van der Waals surface area contributed by atoms with Gasteiger partial charge in [0.1, 0.15) is 0 Å². The van der Waals surface area contributed by atoms with Crippen LogP contribution >= 0.6 is 0 Å². The number of hydrogen-bond donors (Lipinski definition) is 2. The molecule has 1 aliphatic carbocycles. The van der Waals surface area contributed by atoms with E-state index in [0.717, 1.165) is 13.0 Å². The second-order valence-corrected chi connectivity index (χ2v) is 5.95. The lowest BCUT2D eigenvalue weighted by atomic mass is 9.73. The Bertz CT molecular complexity index is 815. The van der Waals surface area contributed by atoms with Gasteiger partial charge in [0.2, 0.25) is 0 Å². The smallest absolute Gasteiger partial charge is 0.0459 e. The van der Waals surface area contributed by atoms with Crippen molar-refractivity contribution in [1.82, 2.24) is 10.3 Å². The molecule has 0 bridgehead atoms. The van der Waals surface area contributed by atoms with Crippen molar-refractivity contribution in [3.05, 3.63) is 70.9 Å². The first kappa shape index (κ1) is 10.7. The predicted molar refractivity (Wildman–Crippen MR) is 80.9 cm³/mol. The van der Waals surface area contributed by atoms with Crippen LogP contribution in [0.15, 0.2) is 48.7 Å². The summed E-state index contributed by atoms with van der Waals surface area (Å²) in [6, 6.07) is 16.1. The van der Waals surface area contributed by atoms with Gasteiger partial charge in [-0.3, -0.25) is 0 Å². The Kier molecular flexibility index (Phi) is 2.00. The number of nitrogens with one attached hydrogen (secondary N) is 2. The predicted octanol–water partition coefficient (Wildman–Crippen LogP) is 3.33. The van der Waals surface area contributed by atoms with E-state index >= 15 is 0 Å². The van der Waals surface area contributed by atoms with Crippen molar-refractivity contribution in [1.29, 1.82) is 0 Å². The molecule has 98 valence electrons. The minimum atomic E-state index is 0.493. The fourth-order valence-corrected chi connectivity index (χ4v) is 4.09. The lowest BCUT2D eigenvalue weighted by Crippen LogP contribution is -2.42. The Labute approximate surface area is 117 Å². The van der Waals surface area contributed by atoms with Crippen molar-refractivity contribution in [3.63, 3.8) is 0 Å². The lowest BCUT2D eigenvalue weighted by molar-refractivity contribution is 0.429. The molecule has 3 aromatic rings. The van der Waals surface area contributed by atoms with E-state index in [0.29, 0.717) is 12.0 Å². The Morgan fingerprint density at radius 2 is 1.80 bits per heavy atom. The topological polar surface area (TPSA) is 27.8 Å². The molecule has 0 spiro atoms. The van der Waals surface area contributed by atoms with Crippen LogP contribution in [-0.2, 0) is 13.0 Å². The molecule has 5 rings (SSSR count). The monoisotopic (exact) mass is 260 g/mol. The number of H-pyrrole nitrogens is 1. The van der Waals surface area contributed by atoms with Crippen LogP contribution < -0.4 is 5.32 Å². The van der Waals surface area contributed by atoms with Crippen LogP contribution in [0, 0.1) is 0 Å². The first-order chi connectivity index (χ1) is 9.92. The van der Waals surface area contributed by atoms with Gasteiger partial charge in [0.25, 0.3) is 0 Å². The van der Waals surface area contributed by atoms with Gasteiger partial charge in [-0.25, -0.2) is 0 Å². The average molecular weight is 260 g/mol. The molecule has 2 aliphatic rings. The molecule has 2 atom stereocenters. The molecule has 0 amide bonds. The molecular formula is C18H16N2. The first-order valence-electron chi connectivity index (χ1n) is 7.32. The molecule has 0 saturated heterocycles. The van der Waals surface area contributed by atoms with Crippen LogP contribution in [0.25, 0.3) is 10.9 Å². The second kappa shape index (κ2) is 3.74. The molecule has 2 heteroatoms. The summed E-state index contributed by atoms with van der Waals surface area (Å²) < 4.78 is 0. The summed E-state index contributed by atoms with van der Waals surface area (Å²) in [7, 11) is 0. The molecule has 2 aromatic carbocycles. The largest absolute Gasteiger partial charge is 0.361 e. The summed E-state index contributed by atoms with van der Waals surface area (Å²) in [5.41, 5.74) is 7.18. The maximum Gasteiger partial charge on any atom is 0.0459 e. The third-order valence-electron chi connectivity index (χ3n) is 4.94. The van der Waals surface area contributed by atoms with Crippen LogP contribution in [0.1, 0.15) is 28.2 Å². The Morgan fingerprint density at radius 3 is 2.80 bits per heavy atom. The van der Waals surface area contributed by atoms with Crippen LogP contribution in [0.4, 0.5) is 0 Å². The molecule has 20 heavy (non-hydrogen) atoms. The SMILES string of the molecule is c1ccc2c(c1)CN[C@H]1Cc3c[nH]c4cccc(c34)[C@H]21. The number of fused-ring (bicyclic) bond motifs is 4.